The monoisotopic (exact) mass is 250 g/mol. The summed E-state index contributed by atoms with van der Waals surface area (Å²) in [6, 6.07) is 6.10. The Kier molecular flexibility index (Phi) is 4.08. The lowest BCUT2D eigenvalue weighted by atomic mass is 9.98. The molecule has 1 rings (SSSR count). The van der Waals surface area contributed by atoms with Crippen LogP contribution in [0.4, 0.5) is 5.69 Å². The third-order valence-electron chi connectivity index (χ3n) is 3.03. The van der Waals surface area contributed by atoms with E-state index in [9.17, 15) is 9.59 Å². The van der Waals surface area contributed by atoms with Gasteiger partial charge in [-0.05, 0) is 37.6 Å². The molecule has 0 spiro atoms. The van der Waals surface area contributed by atoms with Gasteiger partial charge in [-0.25, -0.2) is 4.79 Å². The predicted octanol–water partition coefficient (Wildman–Crippen LogP) is 1.47. The van der Waals surface area contributed by atoms with Crippen LogP contribution in [0, 0.1) is 0 Å². The average Bonchev–Trinajstić information content (AvgIpc) is 2.37. The van der Waals surface area contributed by atoms with E-state index in [1.165, 1.54) is 17.0 Å². The Hall–Kier alpha value is -1.88. The summed E-state index contributed by atoms with van der Waals surface area (Å²) in [5.74, 6) is -1.19. The van der Waals surface area contributed by atoms with Crippen molar-refractivity contribution in [3.63, 3.8) is 0 Å². The van der Waals surface area contributed by atoms with Gasteiger partial charge in [0.15, 0.2) is 0 Å². The van der Waals surface area contributed by atoms with E-state index in [-0.39, 0.29) is 11.5 Å². The maximum atomic E-state index is 12.1. The topological polar surface area (TPSA) is 83.6 Å². The highest BCUT2D eigenvalue weighted by Gasteiger charge is 2.29. The van der Waals surface area contributed by atoms with E-state index in [0.717, 1.165) is 0 Å². The normalized spacial score (nSPS) is 13.8. The summed E-state index contributed by atoms with van der Waals surface area (Å²) in [6.07, 6.45) is 0.531. The van der Waals surface area contributed by atoms with Crippen LogP contribution in [-0.2, 0) is 4.79 Å². The van der Waals surface area contributed by atoms with Crippen LogP contribution in [0.1, 0.15) is 30.6 Å². The van der Waals surface area contributed by atoms with Crippen molar-refractivity contribution < 1.29 is 14.7 Å². The number of hydrogen-bond acceptors (Lipinski definition) is 3. The van der Waals surface area contributed by atoms with Gasteiger partial charge in [0.2, 0.25) is 5.91 Å². The molecule has 1 amide bonds. The van der Waals surface area contributed by atoms with Crippen molar-refractivity contribution in [3.05, 3.63) is 29.8 Å². The van der Waals surface area contributed by atoms with Crippen LogP contribution in [0.2, 0.25) is 0 Å². The predicted molar refractivity (Wildman–Crippen MR) is 69.7 cm³/mol. The number of carbonyl (C=O) groups excluding carboxylic acids is 1. The smallest absolute Gasteiger partial charge is 0.335 e. The molecule has 0 saturated heterocycles. The van der Waals surface area contributed by atoms with Crippen LogP contribution in [0.3, 0.4) is 0 Å². The number of aromatic carboxylic acids is 1. The van der Waals surface area contributed by atoms with E-state index in [1.54, 1.807) is 26.1 Å². The van der Waals surface area contributed by atoms with Gasteiger partial charge >= 0.3 is 5.97 Å². The summed E-state index contributed by atoms with van der Waals surface area (Å²) in [5, 5.41) is 8.79. The number of rotatable bonds is 4. The highest BCUT2D eigenvalue weighted by molar-refractivity contribution is 5.99. The summed E-state index contributed by atoms with van der Waals surface area (Å²) in [4.78, 5) is 24.3. The van der Waals surface area contributed by atoms with Gasteiger partial charge in [-0.2, -0.15) is 0 Å². The largest absolute Gasteiger partial charge is 0.478 e. The summed E-state index contributed by atoms with van der Waals surface area (Å²) in [5.41, 5.74) is 5.78. The minimum atomic E-state index is -0.993. The fourth-order valence-electron chi connectivity index (χ4n) is 1.48. The Morgan fingerprint density at radius 3 is 2.22 bits per heavy atom. The standard InChI is InChI=1S/C13H18N2O3/c1-4-13(2,14)12(18)15(3)10-7-5-9(6-8-10)11(16)17/h5-8H,4,14H2,1-3H3,(H,16,17). The molecule has 5 nitrogen and oxygen atoms in total. The first-order valence-electron chi connectivity index (χ1n) is 5.70. The van der Waals surface area contributed by atoms with Gasteiger partial charge in [-0.3, -0.25) is 4.79 Å². The lowest BCUT2D eigenvalue weighted by Gasteiger charge is -2.28. The molecular formula is C13H18N2O3. The molecule has 0 bridgehead atoms. The van der Waals surface area contributed by atoms with Gasteiger partial charge in [0.25, 0.3) is 0 Å². The molecular weight excluding hydrogens is 232 g/mol. The number of benzene rings is 1. The summed E-state index contributed by atoms with van der Waals surface area (Å²) < 4.78 is 0. The molecule has 0 radical (unpaired) electrons. The zero-order chi connectivity index (χ0) is 13.9. The lowest BCUT2D eigenvalue weighted by molar-refractivity contribution is -0.122. The first kappa shape index (κ1) is 14.2. The third kappa shape index (κ3) is 2.87. The maximum Gasteiger partial charge on any atom is 0.335 e. The Bertz CT molecular complexity index is 452. The molecule has 18 heavy (non-hydrogen) atoms. The Morgan fingerprint density at radius 2 is 1.83 bits per heavy atom. The number of carboxylic acids is 1. The third-order valence-corrected chi connectivity index (χ3v) is 3.03. The zero-order valence-corrected chi connectivity index (χ0v) is 10.8. The van der Waals surface area contributed by atoms with Crippen molar-refractivity contribution in [1.82, 2.24) is 0 Å². The minimum absolute atomic E-state index is 0.186. The number of hydrogen-bond donors (Lipinski definition) is 2. The van der Waals surface area contributed by atoms with Crippen molar-refractivity contribution in [2.24, 2.45) is 5.73 Å². The second-order valence-corrected chi connectivity index (χ2v) is 4.49. The van der Waals surface area contributed by atoms with Crippen LogP contribution >= 0.6 is 0 Å². The van der Waals surface area contributed by atoms with Gasteiger partial charge < -0.3 is 15.7 Å². The van der Waals surface area contributed by atoms with Gasteiger partial charge in [0.1, 0.15) is 0 Å². The van der Waals surface area contributed by atoms with E-state index < -0.39 is 11.5 Å². The molecule has 1 aromatic carbocycles. The SMILES string of the molecule is CCC(C)(N)C(=O)N(C)c1ccc(C(=O)O)cc1. The summed E-state index contributed by atoms with van der Waals surface area (Å²) in [7, 11) is 1.62. The second-order valence-electron chi connectivity index (χ2n) is 4.49. The molecule has 0 fully saturated rings. The van der Waals surface area contributed by atoms with Crippen molar-refractivity contribution in [3.8, 4) is 0 Å². The van der Waals surface area contributed by atoms with Crippen molar-refractivity contribution in [1.29, 1.82) is 0 Å². The van der Waals surface area contributed by atoms with Crippen LogP contribution in [0.25, 0.3) is 0 Å². The zero-order valence-electron chi connectivity index (χ0n) is 10.8. The Balaban J connectivity index is 2.94. The molecule has 0 aliphatic carbocycles. The molecule has 5 heteroatoms. The van der Waals surface area contributed by atoms with Crippen LogP contribution in [0.5, 0.6) is 0 Å². The molecule has 0 aliphatic rings. The fraction of sp³-hybridized carbons (Fsp3) is 0.385. The average molecular weight is 250 g/mol. The van der Waals surface area contributed by atoms with Gasteiger partial charge in [-0.15, -0.1) is 0 Å². The van der Waals surface area contributed by atoms with E-state index in [1.807, 2.05) is 6.92 Å². The van der Waals surface area contributed by atoms with Gasteiger partial charge in [-0.1, -0.05) is 6.92 Å². The maximum absolute atomic E-state index is 12.1. The molecule has 0 heterocycles. The van der Waals surface area contributed by atoms with E-state index in [2.05, 4.69) is 0 Å². The first-order valence-corrected chi connectivity index (χ1v) is 5.70. The summed E-state index contributed by atoms with van der Waals surface area (Å²) in [6.45, 7) is 3.52. The van der Waals surface area contributed by atoms with Crippen molar-refractivity contribution in [2.75, 3.05) is 11.9 Å². The number of likely N-dealkylation sites (N-methyl/N-ethyl adjacent to an activating group) is 1. The number of carbonyl (C=O) groups is 2. The van der Waals surface area contributed by atoms with Crippen molar-refractivity contribution >= 4 is 17.6 Å². The molecule has 98 valence electrons. The highest BCUT2D eigenvalue weighted by Crippen LogP contribution is 2.18. The minimum Gasteiger partial charge on any atom is -0.478 e. The quantitative estimate of drug-likeness (QED) is 0.847. The van der Waals surface area contributed by atoms with Gasteiger partial charge in [0, 0.05) is 12.7 Å². The van der Waals surface area contributed by atoms with E-state index in [0.29, 0.717) is 12.1 Å². The number of nitrogens with zero attached hydrogens (tertiary/aromatic N) is 1. The first-order chi connectivity index (χ1) is 8.29. The lowest BCUT2D eigenvalue weighted by Crippen LogP contribution is -2.51. The van der Waals surface area contributed by atoms with Crippen LogP contribution < -0.4 is 10.6 Å². The molecule has 1 aromatic rings. The Morgan fingerprint density at radius 1 is 1.33 bits per heavy atom. The van der Waals surface area contributed by atoms with E-state index >= 15 is 0 Å². The number of nitrogens with two attached hydrogens (primary N) is 1. The molecule has 1 unspecified atom stereocenters. The number of carboxylic acid groups (broad SMARTS) is 1. The van der Waals surface area contributed by atoms with Crippen LogP contribution in [-0.4, -0.2) is 29.6 Å². The fourth-order valence-corrected chi connectivity index (χ4v) is 1.48. The highest BCUT2D eigenvalue weighted by atomic mass is 16.4. The molecule has 3 N–H and O–H groups in total. The van der Waals surface area contributed by atoms with Crippen LogP contribution in [0.15, 0.2) is 24.3 Å². The molecule has 0 aromatic heterocycles. The van der Waals surface area contributed by atoms with Crippen molar-refractivity contribution in [2.45, 2.75) is 25.8 Å². The molecule has 0 saturated carbocycles. The number of anilines is 1. The summed E-state index contributed by atoms with van der Waals surface area (Å²) >= 11 is 0. The van der Waals surface area contributed by atoms with Gasteiger partial charge in [0.05, 0.1) is 11.1 Å². The van der Waals surface area contributed by atoms with E-state index in [4.69, 9.17) is 10.8 Å². The molecule has 1 atom stereocenters. The number of amides is 1. The Labute approximate surface area is 106 Å². The molecule has 0 aliphatic heterocycles. The second kappa shape index (κ2) is 5.18.